The topological polar surface area (TPSA) is 46.3 Å². The standard InChI is InChI=1S/C15H20N2O/c1-10(11(2)16)14(18)17-9-15(7-8-15)12-5-3-4-6-13(12)17/h3-6,10-11H,7-9,16H2,1-2H3. The van der Waals surface area contributed by atoms with E-state index in [2.05, 4.69) is 18.2 Å². The average molecular weight is 244 g/mol. The third kappa shape index (κ3) is 1.57. The number of benzene rings is 1. The molecule has 1 fully saturated rings. The van der Waals surface area contributed by atoms with Crippen molar-refractivity contribution in [3.05, 3.63) is 29.8 Å². The summed E-state index contributed by atoms with van der Waals surface area (Å²) < 4.78 is 0. The van der Waals surface area contributed by atoms with Gasteiger partial charge in [-0.3, -0.25) is 4.79 Å². The summed E-state index contributed by atoms with van der Waals surface area (Å²) in [6, 6.07) is 8.22. The molecule has 2 unspecified atom stereocenters. The summed E-state index contributed by atoms with van der Waals surface area (Å²) in [5.74, 6) is 0.0492. The predicted molar refractivity (Wildman–Crippen MR) is 72.5 cm³/mol. The summed E-state index contributed by atoms with van der Waals surface area (Å²) in [6.07, 6.45) is 2.42. The van der Waals surface area contributed by atoms with Gasteiger partial charge in [0.15, 0.2) is 0 Å². The number of carbonyl (C=O) groups excluding carboxylic acids is 1. The molecule has 2 N–H and O–H groups in total. The second-order valence-electron chi connectivity index (χ2n) is 5.87. The molecule has 0 aromatic heterocycles. The second-order valence-corrected chi connectivity index (χ2v) is 5.87. The zero-order valence-corrected chi connectivity index (χ0v) is 11.0. The molecule has 3 rings (SSSR count). The van der Waals surface area contributed by atoms with E-state index in [1.807, 2.05) is 24.8 Å². The Bertz CT molecular complexity index is 491. The van der Waals surface area contributed by atoms with Crippen LogP contribution in [0.25, 0.3) is 0 Å². The fraction of sp³-hybridized carbons (Fsp3) is 0.533. The van der Waals surface area contributed by atoms with Gasteiger partial charge in [0, 0.05) is 23.7 Å². The van der Waals surface area contributed by atoms with Gasteiger partial charge in [-0.05, 0) is 31.4 Å². The van der Waals surface area contributed by atoms with Crippen molar-refractivity contribution in [1.29, 1.82) is 0 Å². The Balaban J connectivity index is 1.94. The van der Waals surface area contributed by atoms with Crippen molar-refractivity contribution in [2.45, 2.75) is 38.1 Å². The van der Waals surface area contributed by atoms with Crippen LogP contribution in [0.3, 0.4) is 0 Å². The molecule has 3 heteroatoms. The van der Waals surface area contributed by atoms with Gasteiger partial charge in [-0.15, -0.1) is 0 Å². The van der Waals surface area contributed by atoms with Gasteiger partial charge in [0.05, 0.1) is 5.92 Å². The number of nitrogens with zero attached hydrogens (tertiary/aromatic N) is 1. The van der Waals surface area contributed by atoms with Gasteiger partial charge >= 0.3 is 0 Å². The molecule has 18 heavy (non-hydrogen) atoms. The fourth-order valence-electron chi connectivity index (χ4n) is 2.88. The van der Waals surface area contributed by atoms with Crippen molar-refractivity contribution < 1.29 is 4.79 Å². The van der Waals surface area contributed by atoms with Crippen LogP contribution in [0.15, 0.2) is 24.3 Å². The van der Waals surface area contributed by atoms with Crippen molar-refractivity contribution in [3.8, 4) is 0 Å². The summed E-state index contributed by atoms with van der Waals surface area (Å²) >= 11 is 0. The monoisotopic (exact) mass is 244 g/mol. The van der Waals surface area contributed by atoms with Crippen LogP contribution in [-0.2, 0) is 10.2 Å². The molecule has 1 amide bonds. The molecular weight excluding hydrogens is 224 g/mol. The van der Waals surface area contributed by atoms with Crippen molar-refractivity contribution in [2.75, 3.05) is 11.4 Å². The molecule has 0 bridgehead atoms. The molecule has 0 saturated heterocycles. The van der Waals surface area contributed by atoms with E-state index >= 15 is 0 Å². The van der Waals surface area contributed by atoms with Gasteiger partial charge < -0.3 is 10.6 Å². The van der Waals surface area contributed by atoms with Gasteiger partial charge in [0.1, 0.15) is 0 Å². The third-order valence-corrected chi connectivity index (χ3v) is 4.52. The minimum atomic E-state index is -0.119. The minimum Gasteiger partial charge on any atom is -0.327 e. The summed E-state index contributed by atoms with van der Waals surface area (Å²) in [7, 11) is 0. The third-order valence-electron chi connectivity index (χ3n) is 4.52. The highest BCUT2D eigenvalue weighted by molar-refractivity contribution is 5.98. The van der Waals surface area contributed by atoms with Crippen LogP contribution in [0, 0.1) is 5.92 Å². The minimum absolute atomic E-state index is 0.0968. The molecule has 96 valence electrons. The lowest BCUT2D eigenvalue weighted by molar-refractivity contribution is -0.122. The van der Waals surface area contributed by atoms with Crippen molar-refractivity contribution in [1.82, 2.24) is 0 Å². The van der Waals surface area contributed by atoms with Crippen molar-refractivity contribution in [2.24, 2.45) is 11.7 Å². The number of amides is 1. The van der Waals surface area contributed by atoms with Gasteiger partial charge in [-0.1, -0.05) is 25.1 Å². The lowest BCUT2D eigenvalue weighted by Crippen LogP contribution is -2.42. The maximum atomic E-state index is 12.5. The smallest absolute Gasteiger partial charge is 0.231 e. The zero-order valence-electron chi connectivity index (χ0n) is 11.0. The van der Waals surface area contributed by atoms with Gasteiger partial charge in [-0.2, -0.15) is 0 Å². The molecule has 1 aromatic carbocycles. The molecule has 1 aliphatic carbocycles. The number of carbonyl (C=O) groups is 1. The highest BCUT2D eigenvalue weighted by atomic mass is 16.2. The molecular formula is C15H20N2O. The molecule has 1 aromatic rings. The van der Waals surface area contributed by atoms with E-state index in [-0.39, 0.29) is 23.3 Å². The maximum absolute atomic E-state index is 12.5. The Hall–Kier alpha value is -1.35. The highest BCUT2D eigenvalue weighted by Gasteiger charge is 2.53. The molecule has 2 atom stereocenters. The van der Waals surface area contributed by atoms with E-state index in [1.165, 1.54) is 18.4 Å². The number of hydrogen-bond donors (Lipinski definition) is 1. The first-order chi connectivity index (χ1) is 8.55. The summed E-state index contributed by atoms with van der Waals surface area (Å²) in [5.41, 5.74) is 8.59. The van der Waals surface area contributed by atoms with E-state index in [0.29, 0.717) is 0 Å². The van der Waals surface area contributed by atoms with E-state index in [9.17, 15) is 4.79 Å². The zero-order chi connectivity index (χ0) is 12.9. The molecule has 1 heterocycles. The van der Waals surface area contributed by atoms with Crippen LogP contribution in [0.2, 0.25) is 0 Å². The van der Waals surface area contributed by atoms with Crippen LogP contribution in [0.1, 0.15) is 32.3 Å². The molecule has 1 aliphatic heterocycles. The largest absolute Gasteiger partial charge is 0.327 e. The van der Waals surface area contributed by atoms with Crippen LogP contribution >= 0.6 is 0 Å². The van der Waals surface area contributed by atoms with Gasteiger partial charge in [-0.25, -0.2) is 0 Å². The Morgan fingerprint density at radius 1 is 1.33 bits per heavy atom. The maximum Gasteiger partial charge on any atom is 0.231 e. The van der Waals surface area contributed by atoms with Gasteiger partial charge in [0.25, 0.3) is 0 Å². The summed E-state index contributed by atoms with van der Waals surface area (Å²) in [5, 5.41) is 0. The molecule has 1 saturated carbocycles. The molecule has 0 radical (unpaired) electrons. The Morgan fingerprint density at radius 2 is 2.00 bits per heavy atom. The lowest BCUT2D eigenvalue weighted by atomic mass is 9.99. The molecule has 1 spiro atoms. The summed E-state index contributed by atoms with van der Waals surface area (Å²) in [6.45, 7) is 4.67. The van der Waals surface area contributed by atoms with Crippen LogP contribution in [0.5, 0.6) is 0 Å². The number of para-hydroxylation sites is 1. The molecule has 2 aliphatic rings. The molecule has 3 nitrogen and oxygen atoms in total. The van der Waals surface area contributed by atoms with E-state index in [1.54, 1.807) is 0 Å². The SMILES string of the molecule is CC(N)C(C)C(=O)N1CC2(CC2)c2ccccc21. The number of nitrogens with two attached hydrogens (primary N) is 1. The van der Waals surface area contributed by atoms with Gasteiger partial charge in [0.2, 0.25) is 5.91 Å². The highest BCUT2D eigenvalue weighted by Crippen LogP contribution is 2.56. The lowest BCUT2D eigenvalue weighted by Gasteiger charge is -2.24. The predicted octanol–water partition coefficient (Wildman–Crippen LogP) is 2.05. The average Bonchev–Trinajstić information content (AvgIpc) is 3.07. The van der Waals surface area contributed by atoms with E-state index in [4.69, 9.17) is 5.73 Å². The first kappa shape index (κ1) is 11.7. The van der Waals surface area contributed by atoms with Crippen LogP contribution < -0.4 is 10.6 Å². The number of fused-ring (bicyclic) bond motifs is 2. The second kappa shape index (κ2) is 3.82. The van der Waals surface area contributed by atoms with Crippen LogP contribution in [-0.4, -0.2) is 18.5 Å². The number of hydrogen-bond acceptors (Lipinski definition) is 2. The Morgan fingerprint density at radius 3 is 2.61 bits per heavy atom. The normalized spacial score (nSPS) is 22.7. The summed E-state index contributed by atoms with van der Waals surface area (Å²) in [4.78, 5) is 14.5. The Labute approximate surface area is 108 Å². The Kier molecular flexibility index (Phi) is 2.49. The number of rotatable bonds is 2. The van der Waals surface area contributed by atoms with Crippen LogP contribution in [0.4, 0.5) is 5.69 Å². The first-order valence-corrected chi connectivity index (χ1v) is 6.72. The fourth-order valence-corrected chi connectivity index (χ4v) is 2.88. The van der Waals surface area contributed by atoms with Crippen molar-refractivity contribution >= 4 is 11.6 Å². The number of anilines is 1. The first-order valence-electron chi connectivity index (χ1n) is 6.72. The van der Waals surface area contributed by atoms with E-state index < -0.39 is 0 Å². The van der Waals surface area contributed by atoms with Crippen molar-refractivity contribution in [3.63, 3.8) is 0 Å². The van der Waals surface area contributed by atoms with E-state index in [0.717, 1.165) is 12.2 Å². The quantitative estimate of drug-likeness (QED) is 0.865.